The van der Waals surface area contributed by atoms with Crippen LogP contribution in [0.1, 0.15) is 34.6 Å². The van der Waals surface area contributed by atoms with Gasteiger partial charge in [0.2, 0.25) is 5.91 Å². The number of nitrogens with one attached hydrogen (secondary N) is 1. The molecule has 6 nitrogen and oxygen atoms in total. The number of nitrogens with zero attached hydrogens (tertiary/aromatic N) is 3. The number of para-hydroxylation sites is 1. The van der Waals surface area contributed by atoms with E-state index in [0.29, 0.717) is 35.0 Å². The minimum absolute atomic E-state index is 0.211. The van der Waals surface area contributed by atoms with Crippen molar-refractivity contribution >= 4 is 28.3 Å². The van der Waals surface area contributed by atoms with Crippen LogP contribution in [-0.2, 0) is 4.79 Å². The normalized spacial score (nSPS) is 16.2. The monoisotopic (exact) mass is 412 g/mol. The number of benzene rings is 1. The lowest BCUT2D eigenvalue weighted by Crippen LogP contribution is -2.43. The van der Waals surface area contributed by atoms with Crippen LogP contribution in [0.25, 0.3) is 5.69 Å². The number of rotatable bonds is 4. The molecule has 1 aromatic carbocycles. The molecule has 2 aromatic heterocycles. The molecule has 1 aliphatic rings. The quantitative estimate of drug-likeness (QED) is 0.706. The van der Waals surface area contributed by atoms with Gasteiger partial charge in [-0.05, 0) is 44.9 Å². The van der Waals surface area contributed by atoms with Crippen molar-refractivity contribution in [3.05, 3.63) is 64.7 Å². The van der Waals surface area contributed by atoms with Crippen molar-refractivity contribution in [2.75, 3.05) is 11.9 Å². The first-order valence-corrected chi connectivity index (χ1v) is 10.3. The van der Waals surface area contributed by atoms with Crippen molar-refractivity contribution < 1.29 is 14.0 Å². The van der Waals surface area contributed by atoms with Crippen molar-refractivity contribution in [2.24, 2.45) is 0 Å². The van der Waals surface area contributed by atoms with E-state index in [9.17, 15) is 14.0 Å². The Bertz CT molecular complexity index is 1060. The zero-order valence-electron chi connectivity index (χ0n) is 16.2. The molecule has 3 aromatic rings. The smallest absolute Gasteiger partial charge is 0.256 e. The molecular formula is C21H21FN4O2S. The second-order valence-corrected chi connectivity index (χ2v) is 7.95. The van der Waals surface area contributed by atoms with Gasteiger partial charge in [0.1, 0.15) is 11.9 Å². The molecule has 0 spiro atoms. The molecule has 1 N–H and O–H groups in total. The Labute approximate surface area is 172 Å². The van der Waals surface area contributed by atoms with E-state index in [2.05, 4.69) is 10.3 Å². The Hall–Kier alpha value is -3.00. The van der Waals surface area contributed by atoms with Gasteiger partial charge in [0, 0.05) is 29.5 Å². The SMILES string of the molecule is Cc1cc(C(=O)N2CCCC2C(=O)Nc2nccs2)c(C)n1-c1ccccc1F. The summed E-state index contributed by atoms with van der Waals surface area (Å²) in [4.78, 5) is 31.7. The van der Waals surface area contributed by atoms with Crippen molar-refractivity contribution in [3.8, 4) is 5.69 Å². The fourth-order valence-corrected chi connectivity index (χ4v) is 4.43. The summed E-state index contributed by atoms with van der Waals surface area (Å²) in [6, 6.07) is 7.70. The molecule has 2 amide bonds. The van der Waals surface area contributed by atoms with E-state index < -0.39 is 6.04 Å². The molecule has 1 unspecified atom stereocenters. The van der Waals surface area contributed by atoms with Crippen LogP contribution in [0.15, 0.2) is 41.9 Å². The van der Waals surface area contributed by atoms with Crippen molar-refractivity contribution in [2.45, 2.75) is 32.7 Å². The van der Waals surface area contributed by atoms with Gasteiger partial charge in [0.25, 0.3) is 5.91 Å². The summed E-state index contributed by atoms with van der Waals surface area (Å²) in [5, 5.41) is 5.09. The molecule has 3 heterocycles. The average Bonchev–Trinajstić information content (AvgIpc) is 3.43. The number of anilines is 1. The van der Waals surface area contributed by atoms with Crippen LogP contribution in [0.3, 0.4) is 0 Å². The molecule has 1 fully saturated rings. The maximum absolute atomic E-state index is 14.3. The molecule has 0 aliphatic carbocycles. The highest BCUT2D eigenvalue weighted by Crippen LogP contribution is 2.27. The van der Waals surface area contributed by atoms with Crippen LogP contribution in [0.4, 0.5) is 9.52 Å². The summed E-state index contributed by atoms with van der Waals surface area (Å²) < 4.78 is 16.1. The Kier molecular flexibility index (Phi) is 5.19. The van der Waals surface area contributed by atoms with Crippen LogP contribution >= 0.6 is 11.3 Å². The van der Waals surface area contributed by atoms with Crippen LogP contribution in [-0.4, -0.2) is 38.9 Å². The van der Waals surface area contributed by atoms with E-state index in [1.165, 1.54) is 17.4 Å². The summed E-state index contributed by atoms with van der Waals surface area (Å²) >= 11 is 1.34. The third-order valence-electron chi connectivity index (χ3n) is 5.23. The molecule has 0 saturated carbocycles. The van der Waals surface area contributed by atoms with Crippen molar-refractivity contribution in [1.82, 2.24) is 14.5 Å². The second-order valence-electron chi connectivity index (χ2n) is 7.05. The van der Waals surface area contributed by atoms with Crippen LogP contribution < -0.4 is 5.32 Å². The molecular weight excluding hydrogens is 391 g/mol. The molecule has 4 rings (SSSR count). The minimum atomic E-state index is -0.539. The van der Waals surface area contributed by atoms with E-state index in [1.807, 2.05) is 6.92 Å². The first kappa shape index (κ1) is 19.3. The highest BCUT2D eigenvalue weighted by molar-refractivity contribution is 7.13. The number of aryl methyl sites for hydroxylation is 1. The van der Waals surface area contributed by atoms with Gasteiger partial charge in [-0.15, -0.1) is 11.3 Å². The fraction of sp³-hybridized carbons (Fsp3) is 0.286. The first-order valence-electron chi connectivity index (χ1n) is 9.42. The van der Waals surface area contributed by atoms with Gasteiger partial charge < -0.3 is 14.8 Å². The Morgan fingerprint density at radius 2 is 2.07 bits per heavy atom. The number of hydrogen-bond donors (Lipinski definition) is 1. The Morgan fingerprint density at radius 3 is 2.79 bits per heavy atom. The average molecular weight is 412 g/mol. The van der Waals surface area contributed by atoms with Gasteiger partial charge in [0.15, 0.2) is 5.13 Å². The predicted octanol–water partition coefficient (Wildman–Crippen LogP) is 3.93. The highest BCUT2D eigenvalue weighted by Gasteiger charge is 2.36. The van der Waals surface area contributed by atoms with Gasteiger partial charge in [-0.1, -0.05) is 12.1 Å². The lowest BCUT2D eigenvalue weighted by molar-refractivity contribution is -0.119. The number of likely N-dealkylation sites (tertiary alicyclic amines) is 1. The van der Waals surface area contributed by atoms with Gasteiger partial charge in [-0.25, -0.2) is 9.37 Å². The van der Waals surface area contributed by atoms with E-state index in [0.717, 1.165) is 12.1 Å². The third-order valence-corrected chi connectivity index (χ3v) is 5.92. The number of hydrogen-bond acceptors (Lipinski definition) is 4. The third kappa shape index (κ3) is 3.55. The molecule has 1 saturated heterocycles. The number of amides is 2. The van der Waals surface area contributed by atoms with E-state index in [1.54, 1.807) is 52.2 Å². The molecule has 29 heavy (non-hydrogen) atoms. The van der Waals surface area contributed by atoms with E-state index in [4.69, 9.17) is 0 Å². The predicted molar refractivity (Wildman–Crippen MR) is 110 cm³/mol. The molecule has 150 valence electrons. The molecule has 0 radical (unpaired) electrons. The minimum Gasteiger partial charge on any atom is -0.327 e. The lowest BCUT2D eigenvalue weighted by atomic mass is 10.1. The number of thiazole rings is 1. The van der Waals surface area contributed by atoms with Gasteiger partial charge >= 0.3 is 0 Å². The van der Waals surface area contributed by atoms with Crippen LogP contribution in [0, 0.1) is 19.7 Å². The number of carbonyl (C=O) groups is 2. The van der Waals surface area contributed by atoms with Crippen molar-refractivity contribution in [3.63, 3.8) is 0 Å². The zero-order chi connectivity index (χ0) is 20.5. The molecule has 0 bridgehead atoms. The van der Waals surface area contributed by atoms with Crippen LogP contribution in [0.2, 0.25) is 0 Å². The first-order chi connectivity index (χ1) is 14.0. The molecule has 8 heteroatoms. The summed E-state index contributed by atoms with van der Waals surface area (Å²) in [5.74, 6) is -0.790. The van der Waals surface area contributed by atoms with Gasteiger partial charge in [-0.3, -0.25) is 9.59 Å². The standard InChI is InChI=1S/C21H21FN4O2S/c1-13-12-15(14(2)26(13)17-7-4-3-6-16(17)22)20(28)25-10-5-8-18(25)19(27)24-21-23-9-11-29-21/h3-4,6-7,9,11-12,18H,5,8,10H2,1-2H3,(H,23,24,27). The largest absolute Gasteiger partial charge is 0.327 e. The molecule has 1 atom stereocenters. The number of carbonyl (C=O) groups excluding carboxylic acids is 2. The number of aromatic nitrogens is 2. The maximum atomic E-state index is 14.3. The maximum Gasteiger partial charge on any atom is 0.256 e. The van der Waals surface area contributed by atoms with Crippen LogP contribution in [0.5, 0.6) is 0 Å². The second kappa shape index (κ2) is 7.79. The number of halogens is 1. The van der Waals surface area contributed by atoms with E-state index >= 15 is 0 Å². The molecule has 1 aliphatic heterocycles. The fourth-order valence-electron chi connectivity index (χ4n) is 3.89. The lowest BCUT2D eigenvalue weighted by Gasteiger charge is -2.23. The topological polar surface area (TPSA) is 67.2 Å². The Balaban J connectivity index is 1.62. The van der Waals surface area contributed by atoms with Gasteiger partial charge in [0.05, 0.1) is 11.3 Å². The van der Waals surface area contributed by atoms with E-state index in [-0.39, 0.29) is 17.6 Å². The Morgan fingerprint density at radius 1 is 1.28 bits per heavy atom. The summed E-state index contributed by atoms with van der Waals surface area (Å²) in [5.41, 5.74) is 2.31. The van der Waals surface area contributed by atoms with Crippen molar-refractivity contribution in [1.29, 1.82) is 0 Å². The highest BCUT2D eigenvalue weighted by atomic mass is 32.1. The van der Waals surface area contributed by atoms with Gasteiger partial charge in [-0.2, -0.15) is 0 Å². The summed E-state index contributed by atoms with van der Waals surface area (Å²) in [6.07, 6.45) is 2.98. The summed E-state index contributed by atoms with van der Waals surface area (Å²) in [7, 11) is 0. The summed E-state index contributed by atoms with van der Waals surface area (Å²) in [6.45, 7) is 4.15. The zero-order valence-corrected chi connectivity index (χ0v) is 17.0.